The second-order valence-electron chi connectivity index (χ2n) is 4.53. The lowest BCUT2D eigenvalue weighted by Crippen LogP contribution is -2.07. The standard InChI is InChI=1S/C16H16F2O3/c1-20-14-4-3-5-15(21-2)16(14)13(19)8-10-6-7-11(17)9-12(10)18/h3-7,9,13,19H,8H2,1-2H3. The van der Waals surface area contributed by atoms with Crippen LogP contribution in [-0.2, 0) is 6.42 Å². The van der Waals surface area contributed by atoms with Crippen molar-refractivity contribution < 1.29 is 23.4 Å². The van der Waals surface area contributed by atoms with Crippen LogP contribution in [0.3, 0.4) is 0 Å². The predicted octanol–water partition coefficient (Wildman–Crippen LogP) is 3.26. The molecular formula is C16H16F2O3. The molecule has 3 nitrogen and oxygen atoms in total. The summed E-state index contributed by atoms with van der Waals surface area (Å²) in [5.74, 6) is -0.447. The fourth-order valence-electron chi connectivity index (χ4n) is 2.21. The van der Waals surface area contributed by atoms with Gasteiger partial charge >= 0.3 is 0 Å². The molecule has 0 aliphatic rings. The Bertz CT molecular complexity index is 607. The number of halogens is 2. The molecule has 21 heavy (non-hydrogen) atoms. The summed E-state index contributed by atoms with van der Waals surface area (Å²) in [6.07, 6.45) is -1.04. The molecule has 0 saturated heterocycles. The smallest absolute Gasteiger partial charge is 0.129 e. The molecule has 112 valence electrons. The Labute approximate surface area is 121 Å². The summed E-state index contributed by atoms with van der Waals surface area (Å²) in [6.45, 7) is 0. The van der Waals surface area contributed by atoms with E-state index >= 15 is 0 Å². The highest BCUT2D eigenvalue weighted by Crippen LogP contribution is 2.35. The van der Waals surface area contributed by atoms with Gasteiger partial charge in [0.2, 0.25) is 0 Å². The maximum Gasteiger partial charge on any atom is 0.129 e. The van der Waals surface area contributed by atoms with Crippen LogP contribution in [0.1, 0.15) is 17.2 Å². The summed E-state index contributed by atoms with van der Waals surface area (Å²) in [5, 5.41) is 10.4. The van der Waals surface area contributed by atoms with Gasteiger partial charge in [-0.2, -0.15) is 0 Å². The number of hydrogen-bond donors (Lipinski definition) is 1. The van der Waals surface area contributed by atoms with Crippen molar-refractivity contribution in [2.75, 3.05) is 14.2 Å². The molecule has 1 atom stereocenters. The first-order valence-corrected chi connectivity index (χ1v) is 6.39. The molecule has 1 unspecified atom stereocenters. The van der Waals surface area contributed by atoms with Crippen molar-refractivity contribution >= 4 is 0 Å². The third-order valence-corrected chi connectivity index (χ3v) is 3.23. The Balaban J connectivity index is 2.33. The largest absolute Gasteiger partial charge is 0.496 e. The predicted molar refractivity (Wildman–Crippen MR) is 74.6 cm³/mol. The molecule has 2 rings (SSSR count). The number of aliphatic hydroxyl groups is 1. The third-order valence-electron chi connectivity index (χ3n) is 3.23. The van der Waals surface area contributed by atoms with Crippen molar-refractivity contribution in [3.8, 4) is 11.5 Å². The van der Waals surface area contributed by atoms with E-state index < -0.39 is 17.7 Å². The summed E-state index contributed by atoms with van der Waals surface area (Å²) in [4.78, 5) is 0. The van der Waals surface area contributed by atoms with E-state index in [4.69, 9.17) is 9.47 Å². The van der Waals surface area contributed by atoms with E-state index in [0.717, 1.165) is 12.1 Å². The lowest BCUT2D eigenvalue weighted by molar-refractivity contribution is 0.168. The molecule has 0 saturated carbocycles. The van der Waals surface area contributed by atoms with Crippen LogP contribution >= 0.6 is 0 Å². The minimum Gasteiger partial charge on any atom is -0.496 e. The summed E-state index contributed by atoms with van der Waals surface area (Å²) >= 11 is 0. The normalized spacial score (nSPS) is 12.0. The minimum absolute atomic E-state index is 0.0111. The number of methoxy groups -OCH3 is 2. The van der Waals surface area contributed by atoms with E-state index in [2.05, 4.69) is 0 Å². The second-order valence-corrected chi connectivity index (χ2v) is 4.53. The van der Waals surface area contributed by atoms with Crippen LogP contribution in [-0.4, -0.2) is 19.3 Å². The van der Waals surface area contributed by atoms with E-state index in [1.54, 1.807) is 18.2 Å². The topological polar surface area (TPSA) is 38.7 Å². The summed E-state index contributed by atoms with van der Waals surface area (Å²) in [6, 6.07) is 8.36. The highest BCUT2D eigenvalue weighted by molar-refractivity contribution is 5.46. The van der Waals surface area contributed by atoms with Crippen molar-refractivity contribution in [2.24, 2.45) is 0 Å². The van der Waals surface area contributed by atoms with E-state index in [-0.39, 0.29) is 12.0 Å². The van der Waals surface area contributed by atoms with Gasteiger partial charge in [-0.05, 0) is 23.8 Å². The van der Waals surface area contributed by atoms with Gasteiger partial charge in [0.25, 0.3) is 0 Å². The van der Waals surface area contributed by atoms with Gasteiger partial charge in [0.1, 0.15) is 23.1 Å². The zero-order valence-corrected chi connectivity index (χ0v) is 11.8. The molecular weight excluding hydrogens is 278 g/mol. The van der Waals surface area contributed by atoms with Gasteiger partial charge in [-0.3, -0.25) is 0 Å². The van der Waals surface area contributed by atoms with E-state index in [1.807, 2.05) is 0 Å². The van der Waals surface area contributed by atoms with Crippen molar-refractivity contribution in [2.45, 2.75) is 12.5 Å². The Morgan fingerprint density at radius 3 is 2.19 bits per heavy atom. The van der Waals surface area contributed by atoms with Gasteiger partial charge in [0, 0.05) is 12.5 Å². The molecule has 0 heterocycles. The van der Waals surface area contributed by atoms with E-state index in [1.165, 1.54) is 20.3 Å². The summed E-state index contributed by atoms with van der Waals surface area (Å²) < 4.78 is 37.0. The molecule has 1 N–H and O–H groups in total. The van der Waals surface area contributed by atoms with Gasteiger partial charge in [-0.15, -0.1) is 0 Å². The van der Waals surface area contributed by atoms with Gasteiger partial charge < -0.3 is 14.6 Å². The van der Waals surface area contributed by atoms with Gasteiger partial charge in [-0.25, -0.2) is 8.78 Å². The number of hydrogen-bond acceptors (Lipinski definition) is 3. The molecule has 0 aromatic heterocycles. The van der Waals surface area contributed by atoms with Crippen molar-refractivity contribution in [3.63, 3.8) is 0 Å². The zero-order valence-electron chi connectivity index (χ0n) is 11.8. The molecule has 5 heteroatoms. The molecule has 2 aromatic carbocycles. The quantitative estimate of drug-likeness (QED) is 0.920. The van der Waals surface area contributed by atoms with Crippen molar-refractivity contribution in [1.29, 1.82) is 0 Å². The van der Waals surface area contributed by atoms with E-state index in [9.17, 15) is 13.9 Å². The lowest BCUT2D eigenvalue weighted by Gasteiger charge is -2.18. The van der Waals surface area contributed by atoms with Crippen LogP contribution in [0.15, 0.2) is 36.4 Å². The first-order valence-electron chi connectivity index (χ1n) is 6.39. The van der Waals surface area contributed by atoms with Crippen LogP contribution < -0.4 is 9.47 Å². The number of aliphatic hydroxyl groups excluding tert-OH is 1. The Kier molecular flexibility index (Phi) is 4.75. The highest BCUT2D eigenvalue weighted by atomic mass is 19.1. The van der Waals surface area contributed by atoms with Crippen molar-refractivity contribution in [3.05, 3.63) is 59.2 Å². The number of rotatable bonds is 5. The Morgan fingerprint density at radius 2 is 1.67 bits per heavy atom. The zero-order chi connectivity index (χ0) is 15.4. The average molecular weight is 294 g/mol. The fourth-order valence-corrected chi connectivity index (χ4v) is 2.21. The summed E-state index contributed by atoms with van der Waals surface area (Å²) in [7, 11) is 2.95. The number of ether oxygens (including phenoxy) is 2. The molecule has 0 radical (unpaired) electrons. The first kappa shape index (κ1) is 15.3. The Morgan fingerprint density at radius 1 is 1.05 bits per heavy atom. The average Bonchev–Trinajstić information content (AvgIpc) is 2.49. The fraction of sp³-hybridized carbons (Fsp3) is 0.250. The van der Waals surface area contributed by atoms with Crippen LogP contribution in [0.2, 0.25) is 0 Å². The highest BCUT2D eigenvalue weighted by Gasteiger charge is 2.20. The minimum atomic E-state index is -1.03. The number of benzene rings is 2. The Hall–Kier alpha value is -2.14. The molecule has 0 aliphatic carbocycles. The first-order chi connectivity index (χ1) is 10.1. The molecule has 0 amide bonds. The molecule has 2 aromatic rings. The van der Waals surface area contributed by atoms with Crippen LogP contribution in [0.25, 0.3) is 0 Å². The van der Waals surface area contributed by atoms with Gasteiger partial charge in [-0.1, -0.05) is 12.1 Å². The lowest BCUT2D eigenvalue weighted by atomic mass is 9.99. The van der Waals surface area contributed by atoms with Crippen molar-refractivity contribution in [1.82, 2.24) is 0 Å². The maximum absolute atomic E-state index is 13.7. The molecule has 0 aliphatic heterocycles. The monoisotopic (exact) mass is 294 g/mol. The SMILES string of the molecule is COc1cccc(OC)c1C(O)Cc1ccc(F)cc1F. The summed E-state index contributed by atoms with van der Waals surface area (Å²) in [5.41, 5.74) is 0.656. The van der Waals surface area contributed by atoms with Crippen LogP contribution in [0.5, 0.6) is 11.5 Å². The third kappa shape index (κ3) is 3.31. The molecule has 0 fully saturated rings. The van der Waals surface area contributed by atoms with Gasteiger partial charge in [0.05, 0.1) is 25.9 Å². The maximum atomic E-state index is 13.7. The van der Waals surface area contributed by atoms with Crippen LogP contribution in [0.4, 0.5) is 8.78 Å². The molecule has 0 bridgehead atoms. The van der Waals surface area contributed by atoms with Crippen LogP contribution in [0, 0.1) is 11.6 Å². The molecule has 0 spiro atoms. The second kappa shape index (κ2) is 6.54. The van der Waals surface area contributed by atoms with E-state index in [0.29, 0.717) is 17.1 Å². The van der Waals surface area contributed by atoms with Gasteiger partial charge in [0.15, 0.2) is 0 Å².